The highest BCUT2D eigenvalue weighted by Crippen LogP contribution is 2.36. The summed E-state index contributed by atoms with van der Waals surface area (Å²) in [7, 11) is 1.53. The van der Waals surface area contributed by atoms with Gasteiger partial charge in [0, 0.05) is 6.20 Å². The average Bonchev–Trinajstić information content (AvgIpc) is 2.99. The molecule has 1 saturated carbocycles. The maximum atomic E-state index is 13.9. The smallest absolute Gasteiger partial charge is 0.416 e. The van der Waals surface area contributed by atoms with E-state index in [0.717, 1.165) is 12.0 Å². The Balaban J connectivity index is 1.53. The molecule has 1 saturated heterocycles. The second-order valence-corrected chi connectivity index (χ2v) is 12.6. The normalized spacial score (nSPS) is 19.5. The number of likely N-dealkylation sites (tertiary alicyclic amines) is 1. The molecule has 2 aliphatic rings. The number of benzene rings is 1. The largest absolute Gasteiger partial charge is 0.497 e. The fourth-order valence-electron chi connectivity index (χ4n) is 5.85. The maximum absolute atomic E-state index is 13.9. The van der Waals surface area contributed by atoms with Crippen molar-refractivity contribution < 1.29 is 46.9 Å². The minimum atomic E-state index is -4.76. The Hall–Kier alpha value is -4.36. The van der Waals surface area contributed by atoms with E-state index >= 15 is 0 Å². The van der Waals surface area contributed by atoms with Crippen molar-refractivity contribution in [3.63, 3.8) is 0 Å². The lowest BCUT2D eigenvalue weighted by Crippen LogP contribution is -2.70. The van der Waals surface area contributed by atoms with Gasteiger partial charge in [-0.3, -0.25) is 9.69 Å². The van der Waals surface area contributed by atoms with Gasteiger partial charge in [0.05, 0.1) is 19.6 Å². The number of carbonyl (C=O) groups is 4. The molecule has 11 nitrogen and oxygen atoms in total. The third-order valence-corrected chi connectivity index (χ3v) is 8.09. The van der Waals surface area contributed by atoms with E-state index in [1.165, 1.54) is 30.3 Å². The van der Waals surface area contributed by atoms with Crippen LogP contribution in [0.3, 0.4) is 0 Å². The molecule has 2 aromatic rings. The maximum Gasteiger partial charge on any atom is 0.416 e. The summed E-state index contributed by atoms with van der Waals surface area (Å²) in [6.07, 6.45) is -1.71. The van der Waals surface area contributed by atoms with Crippen molar-refractivity contribution in [3.05, 3.63) is 53.7 Å². The van der Waals surface area contributed by atoms with Gasteiger partial charge in [0.25, 0.3) is 0 Å². The molecule has 14 heteroatoms. The number of anilines is 1. The van der Waals surface area contributed by atoms with Crippen LogP contribution in [0.1, 0.15) is 64.0 Å². The van der Waals surface area contributed by atoms with Crippen molar-refractivity contribution in [2.45, 2.75) is 89.7 Å². The Kier molecular flexibility index (Phi) is 10.5. The third-order valence-electron chi connectivity index (χ3n) is 8.09. The molecule has 1 aliphatic heterocycles. The molecule has 4 amide bonds. The number of ether oxygens (including phenoxy) is 2. The van der Waals surface area contributed by atoms with Crippen LogP contribution in [0.5, 0.6) is 5.75 Å². The number of alkyl halides is 3. The Morgan fingerprint density at radius 2 is 1.72 bits per heavy atom. The van der Waals surface area contributed by atoms with Crippen LogP contribution in [0, 0.1) is 11.8 Å². The van der Waals surface area contributed by atoms with Crippen molar-refractivity contribution in [1.82, 2.24) is 15.2 Å². The van der Waals surface area contributed by atoms with Crippen molar-refractivity contribution >= 4 is 29.8 Å². The number of nitrogens with zero attached hydrogens (tertiary/aromatic N) is 3. The summed E-state index contributed by atoms with van der Waals surface area (Å²) in [4.78, 5) is 57.4. The molecule has 250 valence electrons. The minimum Gasteiger partial charge on any atom is -0.497 e. The quantitative estimate of drug-likeness (QED) is 0.330. The number of β-lactam (4-membered cyclic amide) rings is 1. The first-order chi connectivity index (χ1) is 21.6. The lowest BCUT2D eigenvalue weighted by Gasteiger charge is -2.44. The molecule has 2 heterocycles. The summed E-state index contributed by atoms with van der Waals surface area (Å²) in [5.41, 5.74) is 0.325. The highest BCUT2D eigenvalue weighted by Gasteiger charge is 2.56. The Morgan fingerprint density at radius 3 is 2.28 bits per heavy atom. The Labute approximate surface area is 265 Å². The molecule has 1 aromatic heterocycles. The van der Waals surface area contributed by atoms with E-state index in [1.54, 1.807) is 45.0 Å². The van der Waals surface area contributed by atoms with Gasteiger partial charge >= 0.3 is 24.3 Å². The van der Waals surface area contributed by atoms with Crippen LogP contribution in [0.4, 0.5) is 28.6 Å². The topological polar surface area (TPSA) is 138 Å². The zero-order valence-electron chi connectivity index (χ0n) is 26.2. The van der Waals surface area contributed by atoms with Crippen molar-refractivity contribution in [1.29, 1.82) is 0 Å². The number of carboxylic acids is 1. The molecule has 46 heavy (non-hydrogen) atoms. The van der Waals surface area contributed by atoms with Gasteiger partial charge in [-0.1, -0.05) is 31.4 Å². The molecule has 4 rings (SSSR count). The van der Waals surface area contributed by atoms with E-state index in [0.29, 0.717) is 29.1 Å². The first-order valence-corrected chi connectivity index (χ1v) is 15.1. The highest BCUT2D eigenvalue weighted by molar-refractivity contribution is 6.07. The minimum absolute atomic E-state index is 0.0603. The predicted octanol–water partition coefficient (Wildman–Crippen LogP) is 5.71. The second-order valence-electron chi connectivity index (χ2n) is 12.6. The number of hydrogen-bond acceptors (Lipinski definition) is 7. The summed E-state index contributed by atoms with van der Waals surface area (Å²) in [6, 6.07) is 4.78. The molecule has 1 aromatic carbocycles. The number of carbonyl (C=O) groups excluding carboxylic acids is 3. The molecule has 0 spiro atoms. The molecule has 3 atom stereocenters. The monoisotopic (exact) mass is 648 g/mol. The van der Waals surface area contributed by atoms with Gasteiger partial charge in [-0.05, 0) is 81.3 Å². The summed E-state index contributed by atoms with van der Waals surface area (Å²) in [6.45, 7) is 5.19. The van der Waals surface area contributed by atoms with E-state index in [9.17, 15) is 37.5 Å². The Bertz CT molecular complexity index is 1420. The summed E-state index contributed by atoms with van der Waals surface area (Å²) >= 11 is 0. The van der Waals surface area contributed by atoms with Crippen LogP contribution in [0.25, 0.3) is 0 Å². The lowest BCUT2D eigenvalue weighted by atomic mass is 9.82. The number of carboxylic acid groups (broad SMARTS) is 1. The predicted molar refractivity (Wildman–Crippen MR) is 160 cm³/mol. The van der Waals surface area contributed by atoms with E-state index in [1.807, 2.05) is 5.32 Å². The van der Waals surface area contributed by atoms with Crippen LogP contribution in [0.2, 0.25) is 0 Å². The van der Waals surface area contributed by atoms with Crippen LogP contribution in [0.15, 0.2) is 42.6 Å². The van der Waals surface area contributed by atoms with Crippen LogP contribution < -0.4 is 15.0 Å². The molecule has 0 bridgehead atoms. The number of aliphatic carboxylic acids is 1. The number of aromatic nitrogens is 1. The third kappa shape index (κ3) is 8.26. The summed E-state index contributed by atoms with van der Waals surface area (Å²) < 4.78 is 52.5. The highest BCUT2D eigenvalue weighted by atomic mass is 19.4. The molecular formula is C32H39F3N4O7. The average molecular weight is 649 g/mol. The molecular weight excluding hydrogens is 609 g/mol. The van der Waals surface area contributed by atoms with Gasteiger partial charge < -0.3 is 19.9 Å². The molecule has 2 fully saturated rings. The molecule has 0 radical (unpaired) electrons. The number of amides is 4. The second kappa shape index (κ2) is 14.0. The number of imide groups is 1. The van der Waals surface area contributed by atoms with E-state index in [-0.39, 0.29) is 31.6 Å². The fraction of sp³-hybridized carbons (Fsp3) is 0.531. The van der Waals surface area contributed by atoms with Crippen LogP contribution >= 0.6 is 0 Å². The zero-order valence-corrected chi connectivity index (χ0v) is 26.2. The Morgan fingerprint density at radius 1 is 1.07 bits per heavy atom. The first kappa shape index (κ1) is 34.5. The van der Waals surface area contributed by atoms with Crippen LogP contribution in [-0.2, 0) is 27.3 Å². The number of urea groups is 1. The van der Waals surface area contributed by atoms with E-state index in [4.69, 9.17) is 9.47 Å². The van der Waals surface area contributed by atoms with Gasteiger partial charge in [0.15, 0.2) is 6.04 Å². The zero-order chi connectivity index (χ0) is 33.8. The lowest BCUT2D eigenvalue weighted by molar-refractivity contribution is -0.172. The van der Waals surface area contributed by atoms with E-state index < -0.39 is 59.7 Å². The molecule has 2 N–H and O–H groups in total. The number of hydrogen-bond donors (Lipinski definition) is 2. The number of nitrogens with one attached hydrogen (secondary N) is 1. The van der Waals surface area contributed by atoms with Crippen molar-refractivity contribution in [3.8, 4) is 5.75 Å². The fourth-order valence-corrected chi connectivity index (χ4v) is 5.85. The van der Waals surface area contributed by atoms with Gasteiger partial charge in [-0.2, -0.15) is 13.2 Å². The molecule has 1 unspecified atom stereocenters. The summed E-state index contributed by atoms with van der Waals surface area (Å²) in [5.74, 6) is -3.73. The van der Waals surface area contributed by atoms with Gasteiger partial charge in [-0.25, -0.2) is 24.3 Å². The van der Waals surface area contributed by atoms with Gasteiger partial charge in [0.2, 0.25) is 5.91 Å². The van der Waals surface area contributed by atoms with Crippen molar-refractivity contribution in [2.24, 2.45) is 11.8 Å². The van der Waals surface area contributed by atoms with Gasteiger partial charge in [-0.15, -0.1) is 0 Å². The van der Waals surface area contributed by atoms with Gasteiger partial charge in [0.1, 0.15) is 23.2 Å². The molecule has 1 aliphatic carbocycles. The first-order valence-electron chi connectivity index (χ1n) is 15.1. The van der Waals surface area contributed by atoms with Crippen molar-refractivity contribution in [2.75, 3.05) is 12.0 Å². The SMILES string of the molecule is COc1ccc(CN(C(=O)OC(C)(C)C)c2cc(C[C@H]3C(=O)N(C(=O)NC(C4CCCCC4)C(F)(F)F)[C@@H]3C(=O)O)ccn2)cc1. The number of pyridine rings is 1. The standard InChI is InChI=1S/C32H39F3N4O7/c1-31(2,3)46-30(44)38(18-19-10-12-22(45-4)13-11-19)24-17-20(14-15-36-24)16-23-25(28(41)42)39(27(23)40)29(43)37-26(32(33,34)35)21-8-6-5-7-9-21/h10-15,17,21,23,25-26H,5-9,16,18H2,1-4H3,(H,37,43)(H,41,42)/t23-,25+,26?/m1/s1. The number of halogens is 3. The summed E-state index contributed by atoms with van der Waals surface area (Å²) in [5, 5.41) is 11.8. The number of methoxy groups -OCH3 is 1. The van der Waals surface area contributed by atoms with Crippen LogP contribution in [-0.4, -0.2) is 70.0 Å². The number of rotatable bonds is 9. The van der Waals surface area contributed by atoms with E-state index in [2.05, 4.69) is 4.98 Å².